The normalized spacial score (nSPS) is 12.9. The van der Waals surface area contributed by atoms with Gasteiger partial charge in [-0.05, 0) is 35.0 Å². The maximum absolute atomic E-state index is 11.1. The molecule has 90 valence electrons. The second kappa shape index (κ2) is 4.46. The van der Waals surface area contributed by atoms with E-state index in [9.17, 15) is 9.90 Å². The lowest BCUT2D eigenvalue weighted by atomic mass is 10.3. The molecule has 0 saturated carbocycles. The number of aromatic nitrogens is 2. The third-order valence-electron chi connectivity index (χ3n) is 2.37. The van der Waals surface area contributed by atoms with Crippen molar-refractivity contribution in [3.05, 3.63) is 34.3 Å². The molecule has 5 nitrogen and oxygen atoms in total. The number of aliphatic hydroxyl groups excluding tert-OH is 1. The fourth-order valence-electron chi connectivity index (χ4n) is 1.72. The molecule has 2 heterocycles. The van der Waals surface area contributed by atoms with Gasteiger partial charge in [-0.3, -0.25) is 0 Å². The predicted octanol–water partition coefficient (Wildman–Crippen LogP) is 1.72. The molecule has 1 unspecified atom stereocenters. The number of fused-ring (bicyclic) bond motifs is 1. The van der Waals surface area contributed by atoms with Crippen molar-refractivity contribution < 1.29 is 15.0 Å². The van der Waals surface area contributed by atoms with E-state index in [1.165, 1.54) is 0 Å². The predicted molar refractivity (Wildman–Crippen MR) is 65.2 cm³/mol. The maximum Gasteiger partial charge on any atom is 0.356 e. The number of pyridine rings is 1. The summed E-state index contributed by atoms with van der Waals surface area (Å²) in [6.45, 7) is 1.64. The van der Waals surface area contributed by atoms with Crippen molar-refractivity contribution in [3.8, 4) is 0 Å². The van der Waals surface area contributed by atoms with Crippen LogP contribution in [0.4, 0.5) is 0 Å². The molecule has 0 amide bonds. The summed E-state index contributed by atoms with van der Waals surface area (Å²) in [5, 5.41) is 18.5. The monoisotopic (exact) mass is 298 g/mol. The van der Waals surface area contributed by atoms with E-state index in [1.807, 2.05) is 0 Å². The highest BCUT2D eigenvalue weighted by Gasteiger charge is 2.19. The van der Waals surface area contributed by atoms with Crippen LogP contribution in [0.1, 0.15) is 23.2 Å². The van der Waals surface area contributed by atoms with Gasteiger partial charge in [0, 0.05) is 17.1 Å². The lowest BCUT2D eigenvalue weighted by molar-refractivity contribution is 0.0692. The van der Waals surface area contributed by atoms with Gasteiger partial charge in [0.25, 0.3) is 0 Å². The van der Waals surface area contributed by atoms with Gasteiger partial charge in [0.1, 0.15) is 5.82 Å². The number of aliphatic hydroxyl groups is 1. The van der Waals surface area contributed by atoms with E-state index in [4.69, 9.17) is 5.11 Å². The number of carboxylic acid groups (broad SMARTS) is 1. The Hall–Kier alpha value is -1.40. The minimum absolute atomic E-state index is 0.00637. The Bertz CT molecular complexity index is 577. The van der Waals surface area contributed by atoms with Crippen molar-refractivity contribution in [2.24, 2.45) is 0 Å². The maximum atomic E-state index is 11.1. The summed E-state index contributed by atoms with van der Waals surface area (Å²) in [5.74, 6) is -0.542. The Morgan fingerprint density at radius 3 is 2.94 bits per heavy atom. The number of hydrogen-bond donors (Lipinski definition) is 2. The number of hydrogen-bond acceptors (Lipinski definition) is 3. The number of carboxylic acids is 1. The Kier molecular flexibility index (Phi) is 3.17. The summed E-state index contributed by atoms with van der Waals surface area (Å²) in [6.07, 6.45) is 1.48. The number of rotatable bonds is 3. The molecule has 0 saturated heterocycles. The van der Waals surface area contributed by atoms with Crippen LogP contribution in [0, 0.1) is 0 Å². The van der Waals surface area contributed by atoms with Crippen LogP contribution in [-0.2, 0) is 6.42 Å². The Labute approximate surface area is 106 Å². The smallest absolute Gasteiger partial charge is 0.356 e. The Balaban J connectivity index is 2.71. The van der Waals surface area contributed by atoms with Gasteiger partial charge in [-0.1, -0.05) is 0 Å². The quantitative estimate of drug-likeness (QED) is 0.905. The summed E-state index contributed by atoms with van der Waals surface area (Å²) in [5.41, 5.74) is 0.503. The molecular weight excluding hydrogens is 288 g/mol. The molecule has 0 aliphatic heterocycles. The van der Waals surface area contributed by atoms with Gasteiger partial charge in [-0.25, -0.2) is 9.78 Å². The van der Waals surface area contributed by atoms with Gasteiger partial charge >= 0.3 is 5.97 Å². The largest absolute Gasteiger partial charge is 0.476 e. The van der Waals surface area contributed by atoms with Crippen LogP contribution in [0.2, 0.25) is 0 Å². The molecule has 0 spiro atoms. The SMILES string of the molecule is CC(O)Cc1nc(C(=O)O)c2c(Br)cccn12. The van der Waals surface area contributed by atoms with Crippen LogP contribution in [-0.4, -0.2) is 31.7 Å². The molecule has 17 heavy (non-hydrogen) atoms. The van der Waals surface area contributed by atoms with Gasteiger partial charge in [0.2, 0.25) is 0 Å². The second-order valence-electron chi connectivity index (χ2n) is 3.81. The van der Waals surface area contributed by atoms with Crippen molar-refractivity contribution >= 4 is 27.4 Å². The Morgan fingerprint density at radius 2 is 2.35 bits per heavy atom. The number of halogens is 1. The van der Waals surface area contributed by atoms with E-state index >= 15 is 0 Å². The van der Waals surface area contributed by atoms with Crippen LogP contribution < -0.4 is 0 Å². The van der Waals surface area contributed by atoms with E-state index in [1.54, 1.807) is 29.7 Å². The molecule has 0 bridgehead atoms. The fourth-order valence-corrected chi connectivity index (χ4v) is 2.25. The minimum Gasteiger partial charge on any atom is -0.476 e. The van der Waals surface area contributed by atoms with Crippen LogP contribution in [0.5, 0.6) is 0 Å². The van der Waals surface area contributed by atoms with Crippen LogP contribution in [0.3, 0.4) is 0 Å². The van der Waals surface area contributed by atoms with Crippen LogP contribution in [0.25, 0.3) is 5.52 Å². The van der Waals surface area contributed by atoms with E-state index < -0.39 is 12.1 Å². The molecule has 0 fully saturated rings. The number of carbonyl (C=O) groups is 1. The lowest BCUT2D eigenvalue weighted by Gasteiger charge is -2.03. The van der Waals surface area contributed by atoms with Crippen molar-refractivity contribution in [1.29, 1.82) is 0 Å². The second-order valence-corrected chi connectivity index (χ2v) is 4.66. The first-order chi connectivity index (χ1) is 8.00. The standard InChI is InChI=1S/C11H11BrN2O3/c1-6(15)5-8-13-9(11(16)17)10-7(12)3-2-4-14(8)10/h2-4,6,15H,5H2,1H3,(H,16,17). The first-order valence-corrected chi connectivity index (χ1v) is 5.87. The molecule has 1 atom stereocenters. The minimum atomic E-state index is -1.08. The van der Waals surface area contributed by atoms with Crippen molar-refractivity contribution in [3.63, 3.8) is 0 Å². The van der Waals surface area contributed by atoms with E-state index in [2.05, 4.69) is 20.9 Å². The zero-order valence-electron chi connectivity index (χ0n) is 9.09. The first kappa shape index (κ1) is 12.1. The van der Waals surface area contributed by atoms with Gasteiger partial charge in [0.05, 0.1) is 11.6 Å². The molecule has 0 aliphatic carbocycles. The highest BCUT2D eigenvalue weighted by atomic mass is 79.9. The van der Waals surface area contributed by atoms with Gasteiger partial charge in [0.15, 0.2) is 5.69 Å². The van der Waals surface area contributed by atoms with Gasteiger partial charge in [-0.15, -0.1) is 0 Å². The molecule has 2 aromatic rings. The third-order valence-corrected chi connectivity index (χ3v) is 3.01. The fraction of sp³-hybridized carbons (Fsp3) is 0.273. The number of imidazole rings is 1. The molecule has 0 aromatic carbocycles. The molecule has 0 aliphatic rings. The Morgan fingerprint density at radius 1 is 1.65 bits per heavy atom. The summed E-state index contributed by atoms with van der Waals surface area (Å²) in [6, 6.07) is 3.55. The van der Waals surface area contributed by atoms with Crippen molar-refractivity contribution in [2.45, 2.75) is 19.4 Å². The highest BCUT2D eigenvalue weighted by Crippen LogP contribution is 2.23. The topological polar surface area (TPSA) is 74.8 Å². The van der Waals surface area contributed by atoms with Gasteiger partial charge in [-0.2, -0.15) is 0 Å². The number of nitrogens with zero attached hydrogens (tertiary/aromatic N) is 2. The zero-order chi connectivity index (χ0) is 12.6. The van der Waals surface area contributed by atoms with E-state index in [0.717, 1.165) is 0 Å². The van der Waals surface area contributed by atoms with Crippen LogP contribution >= 0.6 is 15.9 Å². The first-order valence-electron chi connectivity index (χ1n) is 5.07. The molecular formula is C11H11BrN2O3. The summed E-state index contributed by atoms with van der Waals surface area (Å²) in [7, 11) is 0. The van der Waals surface area contributed by atoms with Crippen molar-refractivity contribution in [2.75, 3.05) is 0 Å². The molecule has 6 heteroatoms. The van der Waals surface area contributed by atoms with Gasteiger partial charge < -0.3 is 14.6 Å². The van der Waals surface area contributed by atoms with E-state index in [0.29, 0.717) is 22.2 Å². The van der Waals surface area contributed by atoms with Crippen LogP contribution in [0.15, 0.2) is 22.8 Å². The molecule has 2 N–H and O–H groups in total. The third kappa shape index (κ3) is 2.18. The average molecular weight is 299 g/mol. The molecule has 0 radical (unpaired) electrons. The van der Waals surface area contributed by atoms with E-state index in [-0.39, 0.29) is 5.69 Å². The highest BCUT2D eigenvalue weighted by molar-refractivity contribution is 9.10. The lowest BCUT2D eigenvalue weighted by Crippen LogP contribution is -2.07. The van der Waals surface area contributed by atoms with Crippen molar-refractivity contribution in [1.82, 2.24) is 9.38 Å². The molecule has 2 rings (SSSR count). The molecule has 2 aromatic heterocycles. The number of aromatic carboxylic acids is 1. The average Bonchev–Trinajstić information content (AvgIpc) is 2.58. The zero-order valence-corrected chi connectivity index (χ0v) is 10.7. The summed E-state index contributed by atoms with van der Waals surface area (Å²) >= 11 is 3.31. The summed E-state index contributed by atoms with van der Waals surface area (Å²) < 4.78 is 2.35. The summed E-state index contributed by atoms with van der Waals surface area (Å²) in [4.78, 5) is 15.2.